The zero-order chi connectivity index (χ0) is 14.1. The van der Waals surface area contributed by atoms with Gasteiger partial charge in [-0.05, 0) is 29.8 Å². The van der Waals surface area contributed by atoms with Gasteiger partial charge in [-0.1, -0.05) is 29.8 Å². The second-order valence-electron chi connectivity index (χ2n) is 4.42. The molecule has 1 unspecified atom stereocenters. The Hall–Kier alpha value is -1.58. The Morgan fingerprint density at radius 3 is 2.75 bits per heavy atom. The molecule has 3 aromatic rings. The molecule has 0 fully saturated rings. The zero-order valence-corrected chi connectivity index (χ0v) is 11.8. The van der Waals surface area contributed by atoms with Crippen LogP contribution in [0, 0.1) is 5.82 Å². The number of alkyl halides is 1. The highest BCUT2D eigenvalue weighted by Crippen LogP contribution is 2.28. The van der Waals surface area contributed by atoms with Crippen molar-refractivity contribution in [1.29, 1.82) is 0 Å². The summed E-state index contributed by atoms with van der Waals surface area (Å²) < 4.78 is 19.0. The minimum atomic E-state index is -0.479. The van der Waals surface area contributed by atoms with Crippen LogP contribution in [0.3, 0.4) is 0 Å². The van der Waals surface area contributed by atoms with Crippen LogP contribution in [0.15, 0.2) is 46.9 Å². The molecule has 0 saturated carbocycles. The van der Waals surface area contributed by atoms with Crippen LogP contribution in [0.25, 0.3) is 11.1 Å². The van der Waals surface area contributed by atoms with E-state index in [1.807, 2.05) is 24.3 Å². The van der Waals surface area contributed by atoms with Crippen LogP contribution in [0.5, 0.6) is 0 Å². The predicted molar refractivity (Wildman–Crippen MR) is 77.7 cm³/mol. The maximum atomic E-state index is 13.4. The van der Waals surface area contributed by atoms with Crippen LogP contribution in [-0.2, 0) is 6.42 Å². The molecule has 102 valence electrons. The molecule has 0 radical (unpaired) electrons. The number of halogens is 3. The second kappa shape index (κ2) is 5.43. The third-order valence-electron chi connectivity index (χ3n) is 3.00. The van der Waals surface area contributed by atoms with E-state index in [0.717, 1.165) is 5.52 Å². The summed E-state index contributed by atoms with van der Waals surface area (Å²) in [5, 5.41) is -0.339. The van der Waals surface area contributed by atoms with E-state index < -0.39 is 11.2 Å². The summed E-state index contributed by atoms with van der Waals surface area (Å²) in [6, 6.07) is 12.0. The Kier molecular flexibility index (Phi) is 3.64. The third kappa shape index (κ3) is 2.65. The normalized spacial score (nSPS) is 12.8. The summed E-state index contributed by atoms with van der Waals surface area (Å²) in [5.41, 5.74) is 2.15. The lowest BCUT2D eigenvalue weighted by atomic mass is 10.1. The van der Waals surface area contributed by atoms with E-state index in [0.29, 0.717) is 23.5 Å². The standard InChI is InChI=1S/C15H10Cl2FNO/c16-10-6-5-9(7-12(10)18)11(17)8-15-19-13-3-1-2-4-14(13)20-15/h1-7,11H,8H2. The summed E-state index contributed by atoms with van der Waals surface area (Å²) in [6.45, 7) is 0. The summed E-state index contributed by atoms with van der Waals surface area (Å²) in [6.07, 6.45) is 0.386. The van der Waals surface area contributed by atoms with E-state index in [1.165, 1.54) is 12.1 Å². The molecule has 0 aliphatic carbocycles. The molecule has 3 rings (SSSR count). The summed E-state index contributed by atoms with van der Waals surface area (Å²) in [4.78, 5) is 4.35. The van der Waals surface area contributed by atoms with Crippen molar-refractivity contribution in [1.82, 2.24) is 4.98 Å². The first-order valence-corrected chi connectivity index (χ1v) is 6.88. The molecule has 0 aliphatic heterocycles. The SMILES string of the molecule is Fc1cc(C(Cl)Cc2nc3ccccc3o2)ccc1Cl. The van der Waals surface area contributed by atoms with Gasteiger partial charge in [-0.15, -0.1) is 11.6 Å². The molecule has 1 heterocycles. The number of para-hydroxylation sites is 2. The van der Waals surface area contributed by atoms with E-state index in [-0.39, 0.29) is 5.02 Å². The van der Waals surface area contributed by atoms with Crippen molar-refractivity contribution in [2.24, 2.45) is 0 Å². The second-order valence-corrected chi connectivity index (χ2v) is 5.35. The number of rotatable bonds is 3. The first-order valence-electron chi connectivity index (χ1n) is 6.07. The highest BCUT2D eigenvalue weighted by molar-refractivity contribution is 6.30. The maximum absolute atomic E-state index is 13.4. The minimum absolute atomic E-state index is 0.0829. The fourth-order valence-corrected chi connectivity index (χ4v) is 2.37. The molecular weight excluding hydrogens is 300 g/mol. The lowest BCUT2D eigenvalue weighted by Crippen LogP contribution is -1.97. The first-order chi connectivity index (χ1) is 9.63. The Morgan fingerprint density at radius 1 is 1.20 bits per heavy atom. The molecule has 0 N–H and O–H groups in total. The quantitative estimate of drug-likeness (QED) is 0.626. The summed E-state index contributed by atoms with van der Waals surface area (Å²) in [7, 11) is 0. The van der Waals surface area contributed by atoms with Gasteiger partial charge >= 0.3 is 0 Å². The van der Waals surface area contributed by atoms with Crippen LogP contribution in [-0.4, -0.2) is 4.98 Å². The van der Waals surface area contributed by atoms with Crippen molar-refractivity contribution in [3.05, 3.63) is 64.8 Å². The first kappa shape index (κ1) is 13.4. The predicted octanol–water partition coefficient (Wildman–Crippen LogP) is 5.14. The number of nitrogens with zero attached hydrogens (tertiary/aromatic N) is 1. The molecule has 1 aromatic heterocycles. The number of fused-ring (bicyclic) bond motifs is 1. The molecule has 0 aliphatic rings. The fourth-order valence-electron chi connectivity index (χ4n) is 1.99. The Morgan fingerprint density at radius 2 is 2.00 bits per heavy atom. The number of aromatic nitrogens is 1. The van der Waals surface area contributed by atoms with Gasteiger partial charge in [0.2, 0.25) is 0 Å². The van der Waals surface area contributed by atoms with Crippen molar-refractivity contribution in [3.63, 3.8) is 0 Å². The van der Waals surface area contributed by atoms with Gasteiger partial charge in [0.1, 0.15) is 11.3 Å². The molecule has 1 atom stereocenters. The highest BCUT2D eigenvalue weighted by atomic mass is 35.5. The molecule has 2 aromatic carbocycles. The van der Waals surface area contributed by atoms with E-state index in [4.69, 9.17) is 27.6 Å². The largest absolute Gasteiger partial charge is 0.441 e. The van der Waals surface area contributed by atoms with Crippen molar-refractivity contribution in [3.8, 4) is 0 Å². The van der Waals surface area contributed by atoms with E-state index in [2.05, 4.69) is 4.98 Å². The molecule has 0 spiro atoms. The smallest absolute Gasteiger partial charge is 0.197 e. The van der Waals surface area contributed by atoms with Gasteiger partial charge in [0.05, 0.1) is 10.4 Å². The number of oxazole rings is 1. The van der Waals surface area contributed by atoms with Crippen LogP contribution in [0.2, 0.25) is 5.02 Å². The fraction of sp³-hybridized carbons (Fsp3) is 0.133. The number of benzene rings is 2. The third-order valence-corrected chi connectivity index (χ3v) is 3.71. The molecule has 0 saturated heterocycles. The van der Waals surface area contributed by atoms with Gasteiger partial charge in [0.15, 0.2) is 11.5 Å². The number of hydrogen-bond acceptors (Lipinski definition) is 2. The number of hydrogen-bond donors (Lipinski definition) is 0. The molecule has 0 bridgehead atoms. The van der Waals surface area contributed by atoms with Crippen LogP contribution in [0.4, 0.5) is 4.39 Å². The zero-order valence-electron chi connectivity index (χ0n) is 10.3. The van der Waals surface area contributed by atoms with Crippen molar-refractivity contribution in [2.45, 2.75) is 11.8 Å². The monoisotopic (exact) mass is 309 g/mol. The minimum Gasteiger partial charge on any atom is -0.441 e. The van der Waals surface area contributed by atoms with Gasteiger partial charge in [0.25, 0.3) is 0 Å². The van der Waals surface area contributed by atoms with Gasteiger partial charge in [-0.2, -0.15) is 0 Å². The van der Waals surface area contributed by atoms with Crippen molar-refractivity contribution in [2.75, 3.05) is 0 Å². The lowest BCUT2D eigenvalue weighted by molar-refractivity contribution is 0.524. The average molecular weight is 310 g/mol. The molecule has 0 amide bonds. The van der Waals surface area contributed by atoms with E-state index in [1.54, 1.807) is 6.07 Å². The Bertz CT molecular complexity index is 723. The molecular formula is C15H10Cl2FNO. The highest BCUT2D eigenvalue weighted by Gasteiger charge is 2.15. The molecule has 2 nitrogen and oxygen atoms in total. The summed E-state index contributed by atoms with van der Waals surface area (Å²) >= 11 is 11.9. The molecule has 5 heteroatoms. The lowest BCUT2D eigenvalue weighted by Gasteiger charge is -2.07. The van der Waals surface area contributed by atoms with Gasteiger partial charge in [0, 0.05) is 6.42 Å². The summed E-state index contributed by atoms with van der Waals surface area (Å²) in [5.74, 6) is 0.0499. The van der Waals surface area contributed by atoms with Gasteiger partial charge in [-0.25, -0.2) is 9.37 Å². The molecule has 20 heavy (non-hydrogen) atoms. The topological polar surface area (TPSA) is 26.0 Å². The van der Waals surface area contributed by atoms with Gasteiger partial charge < -0.3 is 4.42 Å². The van der Waals surface area contributed by atoms with Crippen LogP contribution >= 0.6 is 23.2 Å². The van der Waals surface area contributed by atoms with Crippen molar-refractivity contribution >= 4 is 34.3 Å². The Balaban J connectivity index is 1.84. The van der Waals surface area contributed by atoms with Gasteiger partial charge in [-0.3, -0.25) is 0 Å². The van der Waals surface area contributed by atoms with Crippen molar-refractivity contribution < 1.29 is 8.81 Å². The maximum Gasteiger partial charge on any atom is 0.197 e. The van der Waals surface area contributed by atoms with Crippen LogP contribution in [0.1, 0.15) is 16.8 Å². The van der Waals surface area contributed by atoms with E-state index >= 15 is 0 Å². The Labute approximate surface area is 125 Å². The average Bonchev–Trinajstić information content (AvgIpc) is 2.83. The van der Waals surface area contributed by atoms with Crippen LogP contribution < -0.4 is 0 Å². The van der Waals surface area contributed by atoms with E-state index in [9.17, 15) is 4.39 Å².